The molecule has 2 nitrogen and oxygen atoms in total. The Bertz CT molecular complexity index is 456. The van der Waals surface area contributed by atoms with E-state index >= 15 is 0 Å². The Morgan fingerprint density at radius 1 is 1.00 bits per heavy atom. The van der Waals surface area contributed by atoms with Crippen LogP contribution < -0.4 is 0 Å². The van der Waals surface area contributed by atoms with Crippen molar-refractivity contribution in [2.75, 3.05) is 0 Å². The maximum absolute atomic E-state index is 10.1. The Hall–Kier alpha value is -1.09. The van der Waals surface area contributed by atoms with Gasteiger partial charge in [-0.05, 0) is 18.2 Å². The van der Waals surface area contributed by atoms with E-state index in [1.54, 1.807) is 42.6 Å². The molecule has 82 valence electrons. The van der Waals surface area contributed by atoms with Crippen LogP contribution >= 0.6 is 23.2 Å². The van der Waals surface area contributed by atoms with E-state index in [0.717, 1.165) is 0 Å². The summed E-state index contributed by atoms with van der Waals surface area (Å²) in [7, 11) is 0. The number of aromatic nitrogens is 1. The number of rotatable bonds is 2. The summed E-state index contributed by atoms with van der Waals surface area (Å²) in [5, 5.41) is 11.0. The maximum Gasteiger partial charge on any atom is 0.124 e. The van der Waals surface area contributed by atoms with Crippen molar-refractivity contribution < 1.29 is 5.11 Å². The van der Waals surface area contributed by atoms with Crippen LogP contribution in [0.4, 0.5) is 0 Å². The van der Waals surface area contributed by atoms with Crippen LogP contribution in [0.15, 0.2) is 42.6 Å². The van der Waals surface area contributed by atoms with E-state index < -0.39 is 6.10 Å². The van der Waals surface area contributed by atoms with Gasteiger partial charge in [-0.2, -0.15) is 0 Å². The Kier molecular flexibility index (Phi) is 3.44. The largest absolute Gasteiger partial charge is 0.382 e. The summed E-state index contributed by atoms with van der Waals surface area (Å²) in [5.74, 6) is 0. The number of aliphatic hydroxyl groups is 1. The summed E-state index contributed by atoms with van der Waals surface area (Å²) in [6, 6.07) is 10.5. The van der Waals surface area contributed by atoms with E-state index in [9.17, 15) is 5.11 Å². The average molecular weight is 254 g/mol. The van der Waals surface area contributed by atoms with Gasteiger partial charge in [-0.3, -0.25) is 4.98 Å². The zero-order valence-corrected chi connectivity index (χ0v) is 9.78. The van der Waals surface area contributed by atoms with Crippen molar-refractivity contribution in [3.05, 3.63) is 63.9 Å². The monoisotopic (exact) mass is 253 g/mol. The van der Waals surface area contributed by atoms with Gasteiger partial charge >= 0.3 is 0 Å². The van der Waals surface area contributed by atoms with Crippen LogP contribution in [-0.2, 0) is 0 Å². The molecule has 1 heterocycles. The molecular formula is C12H9Cl2NO. The molecule has 1 N–H and O–H groups in total. The highest BCUT2D eigenvalue weighted by Crippen LogP contribution is 2.30. The molecule has 1 aromatic carbocycles. The van der Waals surface area contributed by atoms with Crippen LogP contribution in [0.1, 0.15) is 17.4 Å². The predicted octanol–water partition coefficient (Wildman–Crippen LogP) is 3.47. The van der Waals surface area contributed by atoms with Gasteiger partial charge in [-0.1, -0.05) is 41.4 Å². The second kappa shape index (κ2) is 4.83. The molecule has 0 amide bonds. The molecule has 0 saturated carbocycles. The molecule has 0 aliphatic heterocycles. The standard InChI is InChI=1S/C12H9Cl2NO/c13-9-5-2-1-4-8(9)12(16)11-10(14)6-3-7-15-11/h1-7,12,16H. The Morgan fingerprint density at radius 2 is 1.69 bits per heavy atom. The molecule has 0 saturated heterocycles. The van der Waals surface area contributed by atoms with Crippen molar-refractivity contribution in [2.45, 2.75) is 6.10 Å². The van der Waals surface area contributed by atoms with Crippen LogP contribution in [-0.4, -0.2) is 10.1 Å². The summed E-state index contributed by atoms with van der Waals surface area (Å²) in [5.41, 5.74) is 1.02. The van der Waals surface area contributed by atoms with E-state index in [4.69, 9.17) is 23.2 Å². The van der Waals surface area contributed by atoms with Crippen molar-refractivity contribution in [3.63, 3.8) is 0 Å². The summed E-state index contributed by atoms with van der Waals surface area (Å²) in [6.07, 6.45) is 0.684. The van der Waals surface area contributed by atoms with Gasteiger partial charge < -0.3 is 5.11 Å². The number of benzene rings is 1. The minimum Gasteiger partial charge on any atom is -0.382 e. The predicted molar refractivity (Wildman–Crippen MR) is 64.8 cm³/mol. The molecule has 0 bridgehead atoms. The Morgan fingerprint density at radius 3 is 2.38 bits per heavy atom. The quantitative estimate of drug-likeness (QED) is 0.890. The number of halogens is 2. The van der Waals surface area contributed by atoms with Crippen molar-refractivity contribution in [1.29, 1.82) is 0 Å². The van der Waals surface area contributed by atoms with Gasteiger partial charge in [-0.25, -0.2) is 0 Å². The number of hydrogen-bond acceptors (Lipinski definition) is 2. The van der Waals surface area contributed by atoms with E-state index in [1.807, 2.05) is 0 Å². The van der Waals surface area contributed by atoms with Gasteiger partial charge in [0.05, 0.1) is 10.7 Å². The Labute approximate surface area is 103 Å². The second-order valence-corrected chi connectivity index (χ2v) is 4.11. The van der Waals surface area contributed by atoms with Crippen molar-refractivity contribution in [1.82, 2.24) is 4.98 Å². The highest BCUT2D eigenvalue weighted by molar-refractivity contribution is 6.32. The minimum absolute atomic E-state index is 0.414. The normalized spacial score (nSPS) is 12.4. The summed E-state index contributed by atoms with van der Waals surface area (Å²) in [4.78, 5) is 4.06. The summed E-state index contributed by atoms with van der Waals surface area (Å²) >= 11 is 11.9. The number of hydrogen-bond donors (Lipinski definition) is 1. The molecule has 2 aromatic rings. The van der Waals surface area contributed by atoms with Gasteiger partial charge in [-0.15, -0.1) is 0 Å². The van der Waals surface area contributed by atoms with E-state index in [0.29, 0.717) is 21.3 Å². The third-order valence-corrected chi connectivity index (χ3v) is 2.91. The SMILES string of the molecule is OC(c1ccccc1Cl)c1ncccc1Cl. The fraction of sp³-hybridized carbons (Fsp3) is 0.0833. The van der Waals surface area contributed by atoms with Crippen molar-refractivity contribution in [2.24, 2.45) is 0 Å². The zero-order valence-electron chi connectivity index (χ0n) is 8.27. The highest BCUT2D eigenvalue weighted by Gasteiger charge is 2.17. The van der Waals surface area contributed by atoms with Crippen LogP contribution in [0.5, 0.6) is 0 Å². The molecule has 0 aliphatic rings. The lowest BCUT2D eigenvalue weighted by Gasteiger charge is -2.12. The topological polar surface area (TPSA) is 33.1 Å². The molecule has 0 radical (unpaired) electrons. The molecule has 0 aliphatic carbocycles. The second-order valence-electron chi connectivity index (χ2n) is 3.29. The first kappa shape index (κ1) is 11.4. The third-order valence-electron chi connectivity index (χ3n) is 2.25. The molecule has 16 heavy (non-hydrogen) atoms. The molecular weight excluding hydrogens is 245 g/mol. The molecule has 1 aromatic heterocycles. The average Bonchev–Trinajstić information content (AvgIpc) is 2.29. The Balaban J connectivity index is 2.44. The minimum atomic E-state index is -0.901. The first-order chi connectivity index (χ1) is 7.70. The molecule has 1 unspecified atom stereocenters. The van der Waals surface area contributed by atoms with Crippen LogP contribution in [0.3, 0.4) is 0 Å². The number of pyridine rings is 1. The first-order valence-electron chi connectivity index (χ1n) is 4.73. The van der Waals surface area contributed by atoms with E-state index in [2.05, 4.69) is 4.98 Å². The highest BCUT2D eigenvalue weighted by atomic mass is 35.5. The van der Waals surface area contributed by atoms with Crippen LogP contribution in [0.25, 0.3) is 0 Å². The van der Waals surface area contributed by atoms with Gasteiger partial charge in [0.25, 0.3) is 0 Å². The summed E-state index contributed by atoms with van der Waals surface area (Å²) in [6.45, 7) is 0. The van der Waals surface area contributed by atoms with Gasteiger partial charge in [0.1, 0.15) is 6.10 Å². The molecule has 1 atom stereocenters. The molecule has 0 spiro atoms. The fourth-order valence-electron chi connectivity index (χ4n) is 1.44. The number of aliphatic hydroxyl groups excluding tert-OH is 1. The number of nitrogens with zero attached hydrogens (tertiary/aromatic N) is 1. The van der Waals surface area contributed by atoms with Crippen molar-refractivity contribution in [3.8, 4) is 0 Å². The van der Waals surface area contributed by atoms with Crippen molar-refractivity contribution >= 4 is 23.2 Å². The van der Waals surface area contributed by atoms with Gasteiger partial charge in [0.2, 0.25) is 0 Å². The zero-order chi connectivity index (χ0) is 11.5. The van der Waals surface area contributed by atoms with Crippen LogP contribution in [0.2, 0.25) is 10.0 Å². The van der Waals surface area contributed by atoms with Gasteiger partial charge in [0, 0.05) is 16.8 Å². The maximum atomic E-state index is 10.1. The lowest BCUT2D eigenvalue weighted by molar-refractivity contribution is 0.215. The fourth-order valence-corrected chi connectivity index (χ4v) is 1.91. The molecule has 0 fully saturated rings. The van der Waals surface area contributed by atoms with E-state index in [-0.39, 0.29) is 0 Å². The lowest BCUT2D eigenvalue weighted by atomic mass is 10.1. The molecule has 2 rings (SSSR count). The molecule has 4 heteroatoms. The smallest absolute Gasteiger partial charge is 0.124 e. The summed E-state index contributed by atoms with van der Waals surface area (Å²) < 4.78 is 0. The lowest BCUT2D eigenvalue weighted by Crippen LogP contribution is -2.03. The first-order valence-corrected chi connectivity index (χ1v) is 5.48. The third kappa shape index (κ3) is 2.19. The van der Waals surface area contributed by atoms with Gasteiger partial charge in [0.15, 0.2) is 0 Å². The van der Waals surface area contributed by atoms with Crippen LogP contribution in [0, 0.1) is 0 Å². The van der Waals surface area contributed by atoms with E-state index in [1.165, 1.54) is 0 Å².